The number of aromatic carboxylic acids is 1. The molecule has 0 aromatic carbocycles. The van der Waals surface area contributed by atoms with Gasteiger partial charge in [-0.3, -0.25) is 0 Å². The summed E-state index contributed by atoms with van der Waals surface area (Å²) < 4.78 is 7.22. The third-order valence-corrected chi connectivity index (χ3v) is 4.60. The highest BCUT2D eigenvalue weighted by molar-refractivity contribution is 7.98. The number of nitrogens with zero attached hydrogens (tertiary/aromatic N) is 4. The highest BCUT2D eigenvalue weighted by atomic mass is 32.2. The van der Waals surface area contributed by atoms with Crippen molar-refractivity contribution in [3.05, 3.63) is 23.2 Å². The van der Waals surface area contributed by atoms with E-state index in [-0.39, 0.29) is 5.76 Å². The van der Waals surface area contributed by atoms with Crippen molar-refractivity contribution in [2.75, 3.05) is 0 Å². The summed E-state index contributed by atoms with van der Waals surface area (Å²) in [7, 11) is 0. The van der Waals surface area contributed by atoms with Crippen molar-refractivity contribution in [3.8, 4) is 0 Å². The maximum atomic E-state index is 11.0. The normalized spacial score (nSPS) is 15.7. The zero-order chi connectivity index (χ0) is 14.8. The summed E-state index contributed by atoms with van der Waals surface area (Å²) in [5, 5.41) is 21.6. The van der Waals surface area contributed by atoms with E-state index in [1.54, 1.807) is 13.0 Å². The first kappa shape index (κ1) is 14.1. The van der Waals surface area contributed by atoms with Gasteiger partial charge >= 0.3 is 5.97 Å². The quantitative estimate of drug-likeness (QED) is 0.848. The largest absolute Gasteiger partial charge is 0.475 e. The number of hydrogen-bond donors (Lipinski definition) is 1. The van der Waals surface area contributed by atoms with E-state index in [9.17, 15) is 4.79 Å². The number of aryl methyl sites for hydroxylation is 1. The molecule has 8 heteroatoms. The number of thioether (sulfide) groups is 1. The highest BCUT2D eigenvalue weighted by Crippen LogP contribution is 2.32. The van der Waals surface area contributed by atoms with Gasteiger partial charge in [-0.25, -0.2) is 9.48 Å². The van der Waals surface area contributed by atoms with E-state index in [1.807, 2.05) is 4.68 Å². The topological polar surface area (TPSA) is 94.0 Å². The summed E-state index contributed by atoms with van der Waals surface area (Å²) in [6, 6.07) is 2.13. The van der Waals surface area contributed by atoms with Gasteiger partial charge in [0.15, 0.2) is 0 Å². The van der Waals surface area contributed by atoms with E-state index in [1.165, 1.54) is 24.6 Å². The number of carboxylic acid groups (broad SMARTS) is 1. The Hall–Kier alpha value is -1.83. The van der Waals surface area contributed by atoms with Crippen LogP contribution in [0, 0.1) is 6.92 Å². The van der Waals surface area contributed by atoms with Gasteiger partial charge in [-0.15, -0.1) is 5.10 Å². The monoisotopic (exact) mass is 308 g/mol. The average molecular weight is 308 g/mol. The van der Waals surface area contributed by atoms with Gasteiger partial charge in [0.25, 0.3) is 0 Å². The van der Waals surface area contributed by atoms with Crippen LogP contribution in [0.1, 0.15) is 53.6 Å². The van der Waals surface area contributed by atoms with Crippen LogP contribution in [-0.4, -0.2) is 31.3 Å². The molecule has 0 amide bonds. The van der Waals surface area contributed by atoms with Crippen LogP contribution in [-0.2, 0) is 5.75 Å². The predicted octanol–water partition coefficient (Wildman–Crippen LogP) is 2.68. The van der Waals surface area contributed by atoms with Crippen LogP contribution in [0.15, 0.2) is 15.6 Å². The van der Waals surface area contributed by atoms with E-state index in [0.29, 0.717) is 23.1 Å². The van der Waals surface area contributed by atoms with Crippen molar-refractivity contribution in [1.29, 1.82) is 0 Å². The Balaban J connectivity index is 1.69. The summed E-state index contributed by atoms with van der Waals surface area (Å²) in [6.07, 6.45) is 4.66. The summed E-state index contributed by atoms with van der Waals surface area (Å²) in [5.74, 6) is 0.0951. The smallest absolute Gasteiger partial charge is 0.372 e. The number of rotatable bonds is 5. The molecule has 0 aliphatic heterocycles. The van der Waals surface area contributed by atoms with E-state index < -0.39 is 5.97 Å². The SMILES string of the molecule is Cc1cc(CSc2nnnn2C2CCCC2)oc1C(=O)O. The molecule has 0 spiro atoms. The minimum Gasteiger partial charge on any atom is -0.475 e. The summed E-state index contributed by atoms with van der Waals surface area (Å²) in [4.78, 5) is 11.0. The Morgan fingerprint density at radius 3 is 2.95 bits per heavy atom. The minimum absolute atomic E-state index is 0.000912. The molecule has 0 saturated heterocycles. The van der Waals surface area contributed by atoms with Crippen molar-refractivity contribution >= 4 is 17.7 Å². The Morgan fingerprint density at radius 2 is 2.29 bits per heavy atom. The molecular weight excluding hydrogens is 292 g/mol. The van der Waals surface area contributed by atoms with Crippen LogP contribution < -0.4 is 0 Å². The molecule has 1 fully saturated rings. The fourth-order valence-corrected chi connectivity index (χ4v) is 3.45. The lowest BCUT2D eigenvalue weighted by atomic mass is 10.3. The van der Waals surface area contributed by atoms with Crippen LogP contribution in [0.2, 0.25) is 0 Å². The van der Waals surface area contributed by atoms with Crippen LogP contribution in [0.3, 0.4) is 0 Å². The molecule has 0 unspecified atom stereocenters. The molecule has 2 aromatic rings. The molecule has 0 bridgehead atoms. The Labute approximate surface area is 125 Å². The lowest BCUT2D eigenvalue weighted by molar-refractivity contribution is 0.0659. The molecule has 1 aliphatic rings. The number of furan rings is 1. The maximum absolute atomic E-state index is 11.0. The van der Waals surface area contributed by atoms with Crippen molar-refractivity contribution in [2.24, 2.45) is 0 Å². The zero-order valence-electron chi connectivity index (χ0n) is 11.7. The molecule has 3 rings (SSSR count). The second-order valence-corrected chi connectivity index (χ2v) is 6.11. The molecule has 1 N–H and O–H groups in total. The predicted molar refractivity (Wildman–Crippen MR) is 75.3 cm³/mol. The molecule has 2 heterocycles. The second-order valence-electron chi connectivity index (χ2n) is 5.16. The lowest BCUT2D eigenvalue weighted by Gasteiger charge is -2.10. The molecule has 21 heavy (non-hydrogen) atoms. The van der Waals surface area contributed by atoms with Crippen molar-refractivity contribution in [1.82, 2.24) is 20.2 Å². The van der Waals surface area contributed by atoms with Gasteiger partial charge in [0.05, 0.1) is 11.8 Å². The summed E-state index contributed by atoms with van der Waals surface area (Å²) in [5.41, 5.74) is 0.633. The van der Waals surface area contributed by atoms with Crippen molar-refractivity contribution in [2.45, 2.75) is 49.6 Å². The van der Waals surface area contributed by atoms with E-state index in [0.717, 1.165) is 18.0 Å². The Morgan fingerprint density at radius 1 is 1.52 bits per heavy atom. The van der Waals surface area contributed by atoms with Crippen LogP contribution in [0.25, 0.3) is 0 Å². The standard InChI is InChI=1S/C13H16N4O3S/c1-8-6-10(20-11(8)12(18)19)7-21-13-14-15-16-17(13)9-4-2-3-5-9/h6,9H,2-5,7H2,1H3,(H,18,19). The number of tetrazole rings is 1. The van der Waals surface area contributed by atoms with Gasteiger partial charge in [0.2, 0.25) is 10.9 Å². The molecular formula is C13H16N4O3S. The second kappa shape index (κ2) is 5.88. The molecule has 1 saturated carbocycles. The first-order valence-electron chi connectivity index (χ1n) is 6.88. The molecule has 0 atom stereocenters. The zero-order valence-corrected chi connectivity index (χ0v) is 12.5. The van der Waals surface area contributed by atoms with E-state index in [4.69, 9.17) is 9.52 Å². The average Bonchev–Trinajstić information content (AvgIpc) is 3.16. The molecule has 0 radical (unpaired) electrons. The van der Waals surface area contributed by atoms with Gasteiger partial charge < -0.3 is 9.52 Å². The Kier molecular flexibility index (Phi) is 3.96. The fourth-order valence-electron chi connectivity index (χ4n) is 2.63. The number of carboxylic acids is 1. The van der Waals surface area contributed by atoms with Crippen LogP contribution in [0.5, 0.6) is 0 Å². The van der Waals surface area contributed by atoms with Crippen LogP contribution >= 0.6 is 11.8 Å². The van der Waals surface area contributed by atoms with Crippen molar-refractivity contribution < 1.29 is 14.3 Å². The van der Waals surface area contributed by atoms with Gasteiger partial charge in [0.1, 0.15) is 5.76 Å². The highest BCUT2D eigenvalue weighted by Gasteiger charge is 2.22. The Bertz CT molecular complexity index is 646. The third kappa shape index (κ3) is 2.94. The fraction of sp³-hybridized carbons (Fsp3) is 0.538. The molecule has 112 valence electrons. The first-order chi connectivity index (χ1) is 10.1. The maximum Gasteiger partial charge on any atom is 0.372 e. The van der Waals surface area contributed by atoms with Gasteiger partial charge in [0, 0.05) is 5.56 Å². The summed E-state index contributed by atoms with van der Waals surface area (Å²) >= 11 is 1.47. The molecule has 1 aliphatic carbocycles. The van der Waals surface area contributed by atoms with E-state index in [2.05, 4.69) is 15.5 Å². The molecule has 7 nitrogen and oxygen atoms in total. The van der Waals surface area contributed by atoms with Gasteiger partial charge in [-0.2, -0.15) is 0 Å². The number of carbonyl (C=O) groups is 1. The van der Waals surface area contributed by atoms with Crippen molar-refractivity contribution in [3.63, 3.8) is 0 Å². The molecule has 2 aromatic heterocycles. The number of aromatic nitrogens is 4. The van der Waals surface area contributed by atoms with Crippen LogP contribution in [0.4, 0.5) is 0 Å². The summed E-state index contributed by atoms with van der Waals surface area (Å²) in [6.45, 7) is 1.73. The number of hydrogen-bond acceptors (Lipinski definition) is 6. The first-order valence-corrected chi connectivity index (χ1v) is 7.87. The van der Waals surface area contributed by atoms with Gasteiger partial charge in [-0.1, -0.05) is 24.6 Å². The minimum atomic E-state index is -1.04. The van der Waals surface area contributed by atoms with Gasteiger partial charge in [-0.05, 0) is 36.3 Å². The third-order valence-electron chi connectivity index (χ3n) is 3.64. The lowest BCUT2D eigenvalue weighted by Crippen LogP contribution is -2.08. The van der Waals surface area contributed by atoms with E-state index >= 15 is 0 Å².